The third kappa shape index (κ3) is 3.74. The number of nitrogens with one attached hydrogen (secondary N) is 1. The molecule has 98 valence electrons. The summed E-state index contributed by atoms with van der Waals surface area (Å²) in [5, 5.41) is 2.99. The molecular formula is C14H20N2O2. The standard InChI is InChI=1S/C14H20N2O2/c1-11-3-5-13(6-4-11)18-10-14(17)15-12-7-8-16(2)9-12/h3-6,12H,7-10H2,1-2H3,(H,15,17). The summed E-state index contributed by atoms with van der Waals surface area (Å²) < 4.78 is 5.43. The van der Waals surface area contributed by atoms with Crippen molar-refractivity contribution in [1.29, 1.82) is 0 Å². The summed E-state index contributed by atoms with van der Waals surface area (Å²) in [6, 6.07) is 7.97. The largest absolute Gasteiger partial charge is 0.484 e. The van der Waals surface area contributed by atoms with E-state index < -0.39 is 0 Å². The van der Waals surface area contributed by atoms with Crippen LogP contribution in [-0.4, -0.2) is 43.6 Å². The number of benzene rings is 1. The lowest BCUT2D eigenvalue weighted by Crippen LogP contribution is -2.39. The molecule has 1 heterocycles. The minimum absolute atomic E-state index is 0.0455. The molecule has 1 aromatic rings. The molecule has 1 atom stereocenters. The Hall–Kier alpha value is -1.55. The van der Waals surface area contributed by atoms with Gasteiger partial charge in [-0.3, -0.25) is 4.79 Å². The van der Waals surface area contributed by atoms with E-state index in [1.54, 1.807) is 0 Å². The third-order valence-electron chi connectivity index (χ3n) is 3.15. The Morgan fingerprint density at radius 3 is 2.78 bits per heavy atom. The lowest BCUT2D eigenvalue weighted by atomic mass is 10.2. The zero-order valence-electron chi connectivity index (χ0n) is 11.0. The average Bonchev–Trinajstić information content (AvgIpc) is 2.74. The SMILES string of the molecule is Cc1ccc(OCC(=O)NC2CCN(C)C2)cc1. The van der Waals surface area contributed by atoms with E-state index in [4.69, 9.17) is 4.74 Å². The van der Waals surface area contributed by atoms with Crippen LogP contribution in [0.2, 0.25) is 0 Å². The van der Waals surface area contributed by atoms with Crippen molar-refractivity contribution in [1.82, 2.24) is 10.2 Å². The number of rotatable bonds is 4. The second-order valence-corrected chi connectivity index (χ2v) is 4.92. The lowest BCUT2D eigenvalue weighted by molar-refractivity contribution is -0.123. The van der Waals surface area contributed by atoms with E-state index in [0.717, 1.165) is 25.3 Å². The van der Waals surface area contributed by atoms with Gasteiger partial charge in [-0.1, -0.05) is 17.7 Å². The molecule has 0 aliphatic carbocycles. The van der Waals surface area contributed by atoms with Crippen LogP contribution in [0.3, 0.4) is 0 Å². The first-order valence-electron chi connectivity index (χ1n) is 6.31. The number of hydrogen-bond donors (Lipinski definition) is 1. The number of likely N-dealkylation sites (tertiary alicyclic amines) is 1. The lowest BCUT2D eigenvalue weighted by Gasteiger charge is -2.13. The van der Waals surface area contributed by atoms with Gasteiger partial charge in [0.15, 0.2) is 6.61 Å². The Kier molecular flexibility index (Phi) is 4.20. The number of carbonyl (C=O) groups excluding carboxylic acids is 1. The third-order valence-corrected chi connectivity index (χ3v) is 3.15. The van der Waals surface area contributed by atoms with Gasteiger partial charge in [-0.05, 0) is 39.1 Å². The van der Waals surface area contributed by atoms with Crippen LogP contribution in [0.1, 0.15) is 12.0 Å². The molecule has 1 aromatic carbocycles. The Morgan fingerprint density at radius 2 is 2.17 bits per heavy atom. The number of carbonyl (C=O) groups is 1. The van der Waals surface area contributed by atoms with Gasteiger partial charge in [-0.2, -0.15) is 0 Å². The van der Waals surface area contributed by atoms with Crippen molar-refractivity contribution < 1.29 is 9.53 Å². The molecule has 1 fully saturated rings. The summed E-state index contributed by atoms with van der Waals surface area (Å²) in [5.41, 5.74) is 1.18. The summed E-state index contributed by atoms with van der Waals surface area (Å²) in [5.74, 6) is 0.690. The van der Waals surface area contributed by atoms with E-state index in [9.17, 15) is 4.79 Å². The summed E-state index contributed by atoms with van der Waals surface area (Å²) in [7, 11) is 2.06. The molecule has 18 heavy (non-hydrogen) atoms. The van der Waals surface area contributed by atoms with E-state index in [0.29, 0.717) is 0 Å². The molecule has 4 heteroatoms. The van der Waals surface area contributed by atoms with Crippen molar-refractivity contribution in [2.24, 2.45) is 0 Å². The number of aryl methyl sites for hydroxylation is 1. The molecule has 1 aliphatic rings. The molecule has 1 unspecified atom stereocenters. The fourth-order valence-electron chi connectivity index (χ4n) is 2.11. The number of likely N-dealkylation sites (N-methyl/N-ethyl adjacent to an activating group) is 1. The smallest absolute Gasteiger partial charge is 0.258 e. The van der Waals surface area contributed by atoms with Crippen LogP contribution >= 0.6 is 0 Å². The first kappa shape index (κ1) is 12.9. The second-order valence-electron chi connectivity index (χ2n) is 4.92. The molecule has 0 radical (unpaired) electrons. The van der Waals surface area contributed by atoms with Gasteiger partial charge in [0.05, 0.1) is 0 Å². The summed E-state index contributed by atoms with van der Waals surface area (Å²) in [4.78, 5) is 13.9. The fraction of sp³-hybridized carbons (Fsp3) is 0.500. The number of ether oxygens (including phenoxy) is 1. The van der Waals surface area contributed by atoms with E-state index in [1.807, 2.05) is 31.2 Å². The number of nitrogens with zero attached hydrogens (tertiary/aromatic N) is 1. The van der Waals surface area contributed by atoms with E-state index in [-0.39, 0.29) is 18.6 Å². The van der Waals surface area contributed by atoms with Gasteiger partial charge < -0.3 is 15.0 Å². The molecule has 0 spiro atoms. The van der Waals surface area contributed by atoms with Crippen LogP contribution in [0.15, 0.2) is 24.3 Å². The maximum absolute atomic E-state index is 11.7. The molecule has 4 nitrogen and oxygen atoms in total. The van der Waals surface area contributed by atoms with Crippen LogP contribution in [0, 0.1) is 6.92 Å². The zero-order valence-corrected chi connectivity index (χ0v) is 11.0. The van der Waals surface area contributed by atoms with Gasteiger partial charge in [0.1, 0.15) is 5.75 Å². The predicted octanol–water partition coefficient (Wildman–Crippen LogP) is 1.19. The maximum Gasteiger partial charge on any atom is 0.258 e. The Bertz CT molecular complexity index is 403. The fourth-order valence-corrected chi connectivity index (χ4v) is 2.11. The number of amides is 1. The highest BCUT2D eigenvalue weighted by Gasteiger charge is 2.20. The Balaban J connectivity index is 1.73. The van der Waals surface area contributed by atoms with Crippen molar-refractivity contribution in [3.63, 3.8) is 0 Å². The first-order chi connectivity index (χ1) is 8.63. The van der Waals surface area contributed by atoms with Crippen molar-refractivity contribution in [3.8, 4) is 5.75 Å². The van der Waals surface area contributed by atoms with E-state index in [2.05, 4.69) is 17.3 Å². The van der Waals surface area contributed by atoms with Gasteiger partial charge in [0, 0.05) is 12.6 Å². The highest BCUT2D eigenvalue weighted by Crippen LogP contribution is 2.11. The average molecular weight is 248 g/mol. The molecule has 1 N–H and O–H groups in total. The van der Waals surface area contributed by atoms with Gasteiger partial charge in [0.2, 0.25) is 0 Å². The highest BCUT2D eigenvalue weighted by molar-refractivity contribution is 5.77. The maximum atomic E-state index is 11.7. The van der Waals surface area contributed by atoms with Crippen molar-refractivity contribution in [2.45, 2.75) is 19.4 Å². The van der Waals surface area contributed by atoms with Gasteiger partial charge in [-0.25, -0.2) is 0 Å². The van der Waals surface area contributed by atoms with E-state index >= 15 is 0 Å². The van der Waals surface area contributed by atoms with Gasteiger partial charge >= 0.3 is 0 Å². The van der Waals surface area contributed by atoms with E-state index in [1.165, 1.54) is 5.56 Å². The van der Waals surface area contributed by atoms with Crippen LogP contribution in [-0.2, 0) is 4.79 Å². The van der Waals surface area contributed by atoms with Gasteiger partial charge in [-0.15, -0.1) is 0 Å². The van der Waals surface area contributed by atoms with Gasteiger partial charge in [0.25, 0.3) is 5.91 Å². The van der Waals surface area contributed by atoms with Crippen molar-refractivity contribution >= 4 is 5.91 Å². The first-order valence-corrected chi connectivity index (χ1v) is 6.31. The van der Waals surface area contributed by atoms with Crippen LogP contribution in [0.5, 0.6) is 5.75 Å². The van der Waals surface area contributed by atoms with Crippen molar-refractivity contribution in [2.75, 3.05) is 26.7 Å². The monoisotopic (exact) mass is 248 g/mol. The summed E-state index contributed by atoms with van der Waals surface area (Å²) >= 11 is 0. The molecule has 1 aliphatic heterocycles. The molecule has 0 saturated carbocycles. The Labute approximate surface area is 108 Å². The minimum atomic E-state index is -0.0455. The van der Waals surface area contributed by atoms with Crippen LogP contribution < -0.4 is 10.1 Å². The molecule has 0 bridgehead atoms. The minimum Gasteiger partial charge on any atom is -0.484 e. The summed E-state index contributed by atoms with van der Waals surface area (Å²) in [6.07, 6.45) is 1.02. The summed E-state index contributed by atoms with van der Waals surface area (Å²) in [6.45, 7) is 4.08. The topological polar surface area (TPSA) is 41.6 Å². The van der Waals surface area contributed by atoms with Crippen LogP contribution in [0.25, 0.3) is 0 Å². The number of hydrogen-bond acceptors (Lipinski definition) is 3. The molecule has 1 amide bonds. The molecule has 1 saturated heterocycles. The normalized spacial score (nSPS) is 19.8. The predicted molar refractivity (Wildman–Crippen MR) is 70.7 cm³/mol. The van der Waals surface area contributed by atoms with Crippen LogP contribution in [0.4, 0.5) is 0 Å². The second kappa shape index (κ2) is 5.87. The molecular weight excluding hydrogens is 228 g/mol. The zero-order chi connectivity index (χ0) is 13.0. The molecule has 0 aromatic heterocycles. The quantitative estimate of drug-likeness (QED) is 0.870. The molecule has 2 rings (SSSR count). The van der Waals surface area contributed by atoms with Crippen molar-refractivity contribution in [3.05, 3.63) is 29.8 Å². The Morgan fingerprint density at radius 1 is 1.44 bits per heavy atom. The highest BCUT2D eigenvalue weighted by atomic mass is 16.5.